The summed E-state index contributed by atoms with van der Waals surface area (Å²) >= 11 is 0. The van der Waals surface area contributed by atoms with E-state index < -0.39 is 23.2 Å². The number of halogens is 4. The Bertz CT molecular complexity index is 1100. The SMILES string of the molecule is O=c1oc2ccccc2c(-c2ccc(F)c(C(F)(F)F)c2)c1CN1CCNCC1. The molecule has 1 aromatic heterocycles. The zero-order chi connectivity index (χ0) is 20.6. The van der Waals surface area contributed by atoms with Gasteiger partial charge in [-0.05, 0) is 23.8 Å². The van der Waals surface area contributed by atoms with E-state index in [4.69, 9.17) is 4.42 Å². The van der Waals surface area contributed by atoms with Gasteiger partial charge in [0.2, 0.25) is 0 Å². The van der Waals surface area contributed by atoms with Crippen LogP contribution in [0.25, 0.3) is 22.1 Å². The number of alkyl halides is 3. The summed E-state index contributed by atoms with van der Waals surface area (Å²) in [5.74, 6) is -1.35. The molecule has 0 bridgehead atoms. The van der Waals surface area contributed by atoms with Gasteiger partial charge in [-0.1, -0.05) is 24.3 Å². The Labute approximate surface area is 163 Å². The van der Waals surface area contributed by atoms with Crippen molar-refractivity contribution < 1.29 is 22.0 Å². The summed E-state index contributed by atoms with van der Waals surface area (Å²) in [6, 6.07) is 9.49. The van der Waals surface area contributed by atoms with Crippen LogP contribution in [0.1, 0.15) is 11.1 Å². The summed E-state index contributed by atoms with van der Waals surface area (Å²) < 4.78 is 59.1. The molecule has 0 atom stereocenters. The third-order valence-corrected chi connectivity index (χ3v) is 5.06. The fourth-order valence-electron chi connectivity index (χ4n) is 3.65. The van der Waals surface area contributed by atoms with Crippen molar-refractivity contribution in [3.05, 3.63) is 69.8 Å². The highest BCUT2D eigenvalue weighted by atomic mass is 19.4. The standard InChI is InChI=1S/C21H18F4N2O2/c22-17-6-5-13(11-16(17)21(23,24)25)19-14-3-1-2-4-18(14)29-20(28)15(19)12-27-9-7-26-8-10-27/h1-6,11,26H,7-10,12H2. The van der Waals surface area contributed by atoms with Gasteiger partial charge < -0.3 is 9.73 Å². The first-order valence-corrected chi connectivity index (χ1v) is 9.19. The van der Waals surface area contributed by atoms with E-state index in [0.29, 0.717) is 24.0 Å². The van der Waals surface area contributed by atoms with Crippen molar-refractivity contribution in [2.24, 2.45) is 0 Å². The van der Waals surface area contributed by atoms with Gasteiger partial charge in [0.15, 0.2) is 0 Å². The second kappa shape index (κ2) is 7.61. The molecule has 1 fully saturated rings. The first kappa shape index (κ1) is 19.6. The molecule has 2 heterocycles. The molecule has 0 spiro atoms. The lowest BCUT2D eigenvalue weighted by Crippen LogP contribution is -2.43. The van der Waals surface area contributed by atoms with Crippen LogP contribution in [0.4, 0.5) is 17.6 Å². The molecule has 2 aromatic carbocycles. The van der Waals surface area contributed by atoms with Crippen LogP contribution in [0.15, 0.2) is 51.7 Å². The molecule has 4 rings (SSSR count). The molecular weight excluding hydrogens is 388 g/mol. The lowest BCUT2D eigenvalue weighted by Gasteiger charge is -2.27. The highest BCUT2D eigenvalue weighted by Crippen LogP contribution is 2.37. The maximum atomic E-state index is 13.8. The van der Waals surface area contributed by atoms with Gasteiger partial charge in [-0.3, -0.25) is 4.90 Å². The highest BCUT2D eigenvalue weighted by Gasteiger charge is 2.34. The summed E-state index contributed by atoms with van der Waals surface area (Å²) in [4.78, 5) is 14.8. The number of fused-ring (bicyclic) bond motifs is 1. The van der Waals surface area contributed by atoms with Gasteiger partial charge in [-0.2, -0.15) is 13.2 Å². The molecule has 4 nitrogen and oxygen atoms in total. The van der Waals surface area contributed by atoms with E-state index in [2.05, 4.69) is 5.32 Å². The smallest absolute Gasteiger partial charge is 0.419 e. The van der Waals surface area contributed by atoms with Gasteiger partial charge in [0, 0.05) is 43.7 Å². The number of hydrogen-bond acceptors (Lipinski definition) is 4. The number of rotatable bonds is 3. The van der Waals surface area contributed by atoms with Crippen LogP contribution in [0.5, 0.6) is 0 Å². The van der Waals surface area contributed by atoms with Crippen LogP contribution in [0.2, 0.25) is 0 Å². The van der Waals surface area contributed by atoms with E-state index in [1.807, 2.05) is 4.90 Å². The average Bonchev–Trinajstić information content (AvgIpc) is 2.69. The lowest BCUT2D eigenvalue weighted by atomic mass is 9.95. The zero-order valence-electron chi connectivity index (χ0n) is 15.4. The second-order valence-electron chi connectivity index (χ2n) is 6.96. The van der Waals surface area contributed by atoms with E-state index in [0.717, 1.165) is 25.2 Å². The van der Waals surface area contributed by atoms with Gasteiger partial charge in [0.25, 0.3) is 0 Å². The Kier molecular flexibility index (Phi) is 5.14. The van der Waals surface area contributed by atoms with Crippen molar-refractivity contribution in [2.75, 3.05) is 26.2 Å². The molecule has 1 aliphatic rings. The molecule has 0 amide bonds. The zero-order valence-corrected chi connectivity index (χ0v) is 15.4. The molecule has 1 aliphatic heterocycles. The average molecular weight is 406 g/mol. The normalized spacial score (nSPS) is 15.7. The number of benzene rings is 2. The van der Waals surface area contributed by atoms with Crippen molar-refractivity contribution in [1.82, 2.24) is 10.2 Å². The highest BCUT2D eigenvalue weighted by molar-refractivity contribution is 5.95. The predicted octanol–water partition coefficient (Wildman–Crippen LogP) is 4.02. The van der Waals surface area contributed by atoms with Crippen molar-refractivity contribution in [1.29, 1.82) is 0 Å². The Morgan fingerprint density at radius 2 is 1.79 bits per heavy atom. The van der Waals surface area contributed by atoms with E-state index >= 15 is 0 Å². The van der Waals surface area contributed by atoms with E-state index in [9.17, 15) is 22.4 Å². The van der Waals surface area contributed by atoms with Crippen LogP contribution in [0, 0.1) is 5.82 Å². The fourth-order valence-corrected chi connectivity index (χ4v) is 3.65. The number of hydrogen-bond donors (Lipinski definition) is 1. The summed E-state index contributed by atoms with van der Waals surface area (Å²) in [6.07, 6.45) is -4.84. The molecule has 8 heteroatoms. The van der Waals surface area contributed by atoms with Gasteiger partial charge in [0.1, 0.15) is 11.4 Å². The second-order valence-corrected chi connectivity index (χ2v) is 6.96. The van der Waals surface area contributed by atoms with Gasteiger partial charge in [-0.15, -0.1) is 0 Å². The molecule has 1 N–H and O–H groups in total. The Morgan fingerprint density at radius 1 is 1.07 bits per heavy atom. The minimum atomic E-state index is -4.84. The number of nitrogens with zero attached hydrogens (tertiary/aromatic N) is 1. The molecule has 0 saturated carbocycles. The van der Waals surface area contributed by atoms with Crippen LogP contribution < -0.4 is 10.9 Å². The predicted molar refractivity (Wildman–Crippen MR) is 101 cm³/mol. The largest absolute Gasteiger partial charge is 0.422 e. The van der Waals surface area contributed by atoms with Crippen LogP contribution >= 0.6 is 0 Å². The summed E-state index contributed by atoms with van der Waals surface area (Å²) in [5, 5.41) is 3.72. The van der Waals surface area contributed by atoms with Crippen molar-refractivity contribution in [3.63, 3.8) is 0 Å². The van der Waals surface area contributed by atoms with Crippen LogP contribution in [-0.2, 0) is 12.7 Å². The molecule has 152 valence electrons. The topological polar surface area (TPSA) is 45.5 Å². The van der Waals surface area contributed by atoms with E-state index in [1.165, 1.54) is 6.07 Å². The Hall–Kier alpha value is -2.71. The molecule has 0 aliphatic carbocycles. The lowest BCUT2D eigenvalue weighted by molar-refractivity contribution is -0.139. The first-order valence-electron chi connectivity index (χ1n) is 9.19. The summed E-state index contributed by atoms with van der Waals surface area (Å²) in [6.45, 7) is 3.14. The molecule has 0 unspecified atom stereocenters. The van der Waals surface area contributed by atoms with Gasteiger partial charge in [-0.25, -0.2) is 9.18 Å². The van der Waals surface area contributed by atoms with E-state index in [1.54, 1.807) is 24.3 Å². The van der Waals surface area contributed by atoms with Crippen molar-refractivity contribution in [3.8, 4) is 11.1 Å². The number of nitrogens with one attached hydrogen (secondary N) is 1. The number of para-hydroxylation sites is 1. The van der Waals surface area contributed by atoms with Crippen molar-refractivity contribution in [2.45, 2.75) is 12.7 Å². The summed E-state index contributed by atoms with van der Waals surface area (Å²) in [7, 11) is 0. The maximum absolute atomic E-state index is 13.8. The van der Waals surface area contributed by atoms with Crippen molar-refractivity contribution >= 4 is 11.0 Å². The van der Waals surface area contributed by atoms with Crippen LogP contribution in [-0.4, -0.2) is 31.1 Å². The first-order chi connectivity index (χ1) is 13.8. The number of piperazine rings is 1. The minimum absolute atomic E-state index is 0.132. The molecule has 0 radical (unpaired) electrons. The minimum Gasteiger partial charge on any atom is -0.422 e. The van der Waals surface area contributed by atoms with Crippen LogP contribution in [0.3, 0.4) is 0 Å². The monoisotopic (exact) mass is 406 g/mol. The molecule has 29 heavy (non-hydrogen) atoms. The third-order valence-electron chi connectivity index (χ3n) is 5.06. The fraction of sp³-hybridized carbons (Fsp3) is 0.286. The molecule has 1 saturated heterocycles. The Balaban J connectivity index is 1.94. The molecule has 3 aromatic rings. The quantitative estimate of drug-likeness (QED) is 0.527. The summed E-state index contributed by atoms with van der Waals surface area (Å²) in [5.41, 5.74) is -0.941. The van der Waals surface area contributed by atoms with E-state index in [-0.39, 0.29) is 23.3 Å². The molecular formula is C21H18F4N2O2. The van der Waals surface area contributed by atoms with Gasteiger partial charge >= 0.3 is 11.8 Å². The van der Waals surface area contributed by atoms with Gasteiger partial charge in [0.05, 0.1) is 11.1 Å². The maximum Gasteiger partial charge on any atom is 0.419 e. The third kappa shape index (κ3) is 3.90. The Morgan fingerprint density at radius 3 is 2.52 bits per heavy atom.